The van der Waals surface area contributed by atoms with Gasteiger partial charge >= 0.3 is 5.97 Å². The van der Waals surface area contributed by atoms with Gasteiger partial charge < -0.3 is 15.2 Å². The van der Waals surface area contributed by atoms with Crippen molar-refractivity contribution >= 4 is 23.6 Å². The second-order valence-electron chi connectivity index (χ2n) is 13.6. The van der Waals surface area contributed by atoms with Crippen molar-refractivity contribution in [3.8, 4) is 11.1 Å². The first-order valence-electron chi connectivity index (χ1n) is 17.2. The molecule has 1 amide bonds. The fourth-order valence-corrected chi connectivity index (χ4v) is 6.81. The van der Waals surface area contributed by atoms with Crippen LogP contribution in [0.5, 0.6) is 0 Å². The Morgan fingerprint density at radius 3 is 2.31 bits per heavy atom. The Balaban J connectivity index is 0.00000271. The molecule has 0 saturated heterocycles. The van der Waals surface area contributed by atoms with Crippen LogP contribution < -0.4 is 5.32 Å². The molecule has 6 nitrogen and oxygen atoms in total. The maximum absolute atomic E-state index is 13.6. The molecule has 0 radical (unpaired) electrons. The molecule has 0 spiro atoms. The van der Waals surface area contributed by atoms with Gasteiger partial charge in [0.2, 0.25) is 0 Å². The van der Waals surface area contributed by atoms with Crippen molar-refractivity contribution in [3.63, 3.8) is 0 Å². The molecule has 7 heteroatoms. The summed E-state index contributed by atoms with van der Waals surface area (Å²) >= 11 is 1.58. The van der Waals surface area contributed by atoms with Crippen LogP contribution in [0, 0.1) is 12.8 Å². The first-order chi connectivity index (χ1) is 21.6. The summed E-state index contributed by atoms with van der Waals surface area (Å²) in [6.07, 6.45) is 12.6. The van der Waals surface area contributed by atoms with Gasteiger partial charge in [0.05, 0.1) is 12.2 Å². The normalized spacial score (nSPS) is 16.9. The molecule has 2 aliphatic rings. The molecule has 45 heavy (non-hydrogen) atoms. The Labute approximate surface area is 277 Å². The van der Waals surface area contributed by atoms with E-state index in [2.05, 4.69) is 62.2 Å². The zero-order chi connectivity index (χ0) is 33.0. The molecule has 2 aromatic carbocycles. The van der Waals surface area contributed by atoms with Gasteiger partial charge in [-0.25, -0.2) is 4.79 Å². The number of nitrogens with zero attached hydrogens (tertiary/aromatic N) is 1. The molecule has 250 valence electrons. The Morgan fingerprint density at radius 2 is 1.71 bits per heavy atom. The zero-order valence-electron chi connectivity index (χ0n) is 28.9. The van der Waals surface area contributed by atoms with Gasteiger partial charge in [-0.15, -0.1) is 0 Å². The fraction of sp³-hybridized carbons (Fsp3) is 0.632. The summed E-state index contributed by atoms with van der Waals surface area (Å²) in [5.41, 5.74) is 4.44. The number of hydrogen-bond donors (Lipinski definition) is 2. The topological polar surface area (TPSA) is 78.9 Å². The van der Waals surface area contributed by atoms with E-state index in [1.54, 1.807) is 11.8 Å². The standard InChI is InChI=1S/C36H52N2O4S.C2H6/c1-25-11-9-10-14-30(25)32-22-27(15-18-31(32)34(39)37-33(35(40)41)19-20-43-5)23-38(28-16-17-28)29(24-42-36(2,3)4)21-26-12-7-6-8-13-26;1-2/h9-11,14-15,18,22,26,28-29,33H,6-8,12-13,16-17,19-21,23-24H2,1-5H3,(H,37,39)(H,40,41);1-2H3. The zero-order valence-corrected chi connectivity index (χ0v) is 29.7. The van der Waals surface area contributed by atoms with Gasteiger partial charge in [-0.3, -0.25) is 9.69 Å². The molecule has 2 fully saturated rings. The summed E-state index contributed by atoms with van der Waals surface area (Å²) in [5, 5.41) is 12.6. The minimum Gasteiger partial charge on any atom is -0.480 e. The van der Waals surface area contributed by atoms with E-state index < -0.39 is 12.0 Å². The number of nitrogens with one attached hydrogen (secondary N) is 1. The van der Waals surface area contributed by atoms with E-state index in [1.807, 2.05) is 38.3 Å². The third kappa shape index (κ3) is 11.8. The van der Waals surface area contributed by atoms with Gasteiger partial charge in [0.15, 0.2) is 0 Å². The predicted octanol–water partition coefficient (Wildman–Crippen LogP) is 8.74. The van der Waals surface area contributed by atoms with Crippen molar-refractivity contribution in [3.05, 3.63) is 59.2 Å². The van der Waals surface area contributed by atoms with E-state index in [4.69, 9.17) is 4.74 Å². The van der Waals surface area contributed by atoms with Crippen molar-refractivity contribution in [1.29, 1.82) is 0 Å². The van der Waals surface area contributed by atoms with E-state index in [-0.39, 0.29) is 11.5 Å². The number of carbonyl (C=O) groups excluding carboxylic acids is 1. The number of carbonyl (C=O) groups is 2. The second kappa shape index (κ2) is 18.1. The van der Waals surface area contributed by atoms with Crippen LogP contribution in [-0.4, -0.2) is 64.2 Å². The summed E-state index contributed by atoms with van der Waals surface area (Å²) in [4.78, 5) is 28.2. The number of amides is 1. The first kappa shape index (κ1) is 37.1. The minimum absolute atomic E-state index is 0.184. The maximum Gasteiger partial charge on any atom is 0.326 e. The highest BCUT2D eigenvalue weighted by Gasteiger charge is 2.36. The van der Waals surface area contributed by atoms with Crippen molar-refractivity contribution < 1.29 is 19.4 Å². The summed E-state index contributed by atoms with van der Waals surface area (Å²) < 4.78 is 6.43. The average Bonchev–Trinajstić information content (AvgIpc) is 3.87. The number of carboxylic acids is 1. The van der Waals surface area contributed by atoms with Crippen LogP contribution in [-0.2, 0) is 16.1 Å². The van der Waals surface area contributed by atoms with Gasteiger partial charge in [0.1, 0.15) is 6.04 Å². The number of ether oxygens (including phenoxy) is 1. The summed E-state index contributed by atoms with van der Waals surface area (Å²) in [7, 11) is 0. The molecule has 0 aliphatic heterocycles. The molecule has 0 aromatic heterocycles. The van der Waals surface area contributed by atoms with Gasteiger partial charge in [-0.05, 0) is 106 Å². The number of rotatable bonds is 15. The molecule has 2 N–H and O–H groups in total. The maximum atomic E-state index is 13.6. The lowest BCUT2D eigenvalue weighted by Crippen LogP contribution is -2.43. The van der Waals surface area contributed by atoms with Crippen molar-refractivity contribution in [1.82, 2.24) is 10.2 Å². The van der Waals surface area contributed by atoms with Gasteiger partial charge in [-0.2, -0.15) is 11.8 Å². The molecular weight excluding hydrogens is 580 g/mol. The van der Waals surface area contributed by atoms with Crippen LogP contribution in [0.1, 0.15) is 114 Å². The van der Waals surface area contributed by atoms with Crippen LogP contribution in [0.15, 0.2) is 42.5 Å². The average molecular weight is 639 g/mol. The van der Waals surface area contributed by atoms with Crippen molar-refractivity contribution in [2.24, 2.45) is 5.92 Å². The third-order valence-electron chi connectivity index (χ3n) is 8.87. The van der Waals surface area contributed by atoms with Crippen LogP contribution in [0.2, 0.25) is 0 Å². The molecule has 0 bridgehead atoms. The molecule has 2 unspecified atom stereocenters. The number of thioether (sulfide) groups is 1. The van der Waals surface area contributed by atoms with Crippen LogP contribution in [0.4, 0.5) is 0 Å². The molecule has 4 rings (SSSR count). The number of hydrogen-bond acceptors (Lipinski definition) is 5. The van der Waals surface area contributed by atoms with Crippen molar-refractivity contribution in [2.45, 2.75) is 130 Å². The fourth-order valence-electron chi connectivity index (χ4n) is 6.34. The van der Waals surface area contributed by atoms with Crippen molar-refractivity contribution in [2.75, 3.05) is 18.6 Å². The SMILES string of the molecule is CC.CSCCC(NC(=O)c1ccc(CN(C2CC2)C(COC(C)(C)C)CC2CCCCC2)cc1-c1ccccc1C)C(=O)O. The molecule has 2 atom stereocenters. The lowest BCUT2D eigenvalue weighted by atomic mass is 9.84. The molecule has 2 aliphatic carbocycles. The summed E-state index contributed by atoms with van der Waals surface area (Å²) in [5.74, 6) is 0.0771. The van der Waals surface area contributed by atoms with E-state index >= 15 is 0 Å². The highest BCUT2D eigenvalue weighted by atomic mass is 32.2. The second-order valence-corrected chi connectivity index (χ2v) is 14.5. The first-order valence-corrected chi connectivity index (χ1v) is 18.6. The summed E-state index contributed by atoms with van der Waals surface area (Å²) in [6, 6.07) is 14.2. The highest BCUT2D eigenvalue weighted by molar-refractivity contribution is 7.98. The van der Waals surface area contributed by atoms with E-state index in [9.17, 15) is 14.7 Å². The van der Waals surface area contributed by atoms with E-state index in [1.165, 1.54) is 56.9 Å². The van der Waals surface area contributed by atoms with Gasteiger partial charge in [0, 0.05) is 24.2 Å². The van der Waals surface area contributed by atoms with Crippen LogP contribution in [0.3, 0.4) is 0 Å². The molecular formula is C38H58N2O4S. The number of benzene rings is 2. The Morgan fingerprint density at radius 1 is 1.02 bits per heavy atom. The van der Waals surface area contributed by atoms with E-state index in [0.717, 1.165) is 35.8 Å². The Bertz CT molecular complexity index is 1220. The number of aliphatic carboxylic acids is 1. The Kier molecular flexibility index (Phi) is 14.9. The highest BCUT2D eigenvalue weighted by Crippen LogP contribution is 2.36. The smallest absolute Gasteiger partial charge is 0.326 e. The lowest BCUT2D eigenvalue weighted by Gasteiger charge is -2.37. The van der Waals surface area contributed by atoms with Gasteiger partial charge in [-0.1, -0.05) is 76.3 Å². The van der Waals surface area contributed by atoms with E-state index in [0.29, 0.717) is 29.8 Å². The number of carboxylic acid groups (broad SMARTS) is 1. The van der Waals surface area contributed by atoms with Crippen LogP contribution >= 0.6 is 11.8 Å². The third-order valence-corrected chi connectivity index (χ3v) is 9.51. The Hall–Kier alpha value is -2.35. The quantitative estimate of drug-likeness (QED) is 0.203. The van der Waals surface area contributed by atoms with Crippen LogP contribution in [0.25, 0.3) is 11.1 Å². The van der Waals surface area contributed by atoms with Gasteiger partial charge in [0.25, 0.3) is 5.91 Å². The minimum atomic E-state index is -1.00. The predicted molar refractivity (Wildman–Crippen MR) is 189 cm³/mol. The summed E-state index contributed by atoms with van der Waals surface area (Å²) in [6.45, 7) is 14.0. The molecule has 0 heterocycles. The lowest BCUT2D eigenvalue weighted by molar-refractivity contribution is -0.139. The molecule has 2 aromatic rings. The molecule has 2 saturated carbocycles. The monoisotopic (exact) mass is 638 g/mol. The largest absolute Gasteiger partial charge is 0.480 e. The number of aryl methyl sites for hydroxylation is 1.